The summed E-state index contributed by atoms with van der Waals surface area (Å²) in [7, 11) is 0. The molecule has 6 heteroatoms. The molecule has 0 bridgehead atoms. The Labute approximate surface area is 198 Å². The van der Waals surface area contributed by atoms with Gasteiger partial charge in [-0.15, -0.1) is 11.3 Å². The van der Waals surface area contributed by atoms with Crippen LogP contribution in [0, 0.1) is 11.3 Å². The minimum Gasteiger partial charge on any atom is -0.423 e. The summed E-state index contributed by atoms with van der Waals surface area (Å²) in [4.78, 5) is 26.9. The number of ether oxygens (including phenoxy) is 1. The Morgan fingerprint density at radius 1 is 1.06 bits per heavy atom. The fourth-order valence-electron chi connectivity index (χ4n) is 4.70. The number of thiophene rings is 1. The van der Waals surface area contributed by atoms with Gasteiger partial charge in [-0.3, -0.25) is 4.79 Å². The highest BCUT2D eigenvalue weighted by Gasteiger charge is 2.36. The summed E-state index contributed by atoms with van der Waals surface area (Å²) in [5.41, 5.74) is 3.62. The summed E-state index contributed by atoms with van der Waals surface area (Å²) in [5, 5.41) is 7.55. The first-order chi connectivity index (χ1) is 15.8. The summed E-state index contributed by atoms with van der Waals surface area (Å²) in [6, 6.07) is 16.2. The SMILES string of the molecule is CC(C)(C)[C@H]1CCc2c(sc3c2C(=O)N[C@H](c2cccc(OC(=O)c4ccccc4)c2)N3)C1. The van der Waals surface area contributed by atoms with Crippen LogP contribution >= 0.6 is 11.3 Å². The van der Waals surface area contributed by atoms with Gasteiger partial charge in [0.05, 0.1) is 11.1 Å². The first-order valence-electron chi connectivity index (χ1n) is 11.4. The number of hydrogen-bond acceptors (Lipinski definition) is 5. The predicted octanol–water partition coefficient (Wildman–Crippen LogP) is 5.97. The van der Waals surface area contributed by atoms with Crippen molar-refractivity contribution in [2.75, 3.05) is 5.32 Å². The lowest BCUT2D eigenvalue weighted by atomic mass is 9.72. The molecule has 2 N–H and O–H groups in total. The molecule has 2 aliphatic rings. The molecule has 5 nitrogen and oxygen atoms in total. The van der Waals surface area contributed by atoms with Crippen LogP contribution in [0.15, 0.2) is 54.6 Å². The van der Waals surface area contributed by atoms with Gasteiger partial charge in [-0.05, 0) is 66.0 Å². The van der Waals surface area contributed by atoms with Gasteiger partial charge in [-0.2, -0.15) is 0 Å². The van der Waals surface area contributed by atoms with E-state index in [0.29, 0.717) is 17.2 Å². The molecule has 1 aliphatic carbocycles. The van der Waals surface area contributed by atoms with Crippen LogP contribution in [-0.4, -0.2) is 11.9 Å². The van der Waals surface area contributed by atoms with Crippen molar-refractivity contribution in [2.45, 2.75) is 46.2 Å². The molecule has 2 atom stereocenters. The topological polar surface area (TPSA) is 67.4 Å². The maximum absolute atomic E-state index is 13.1. The molecule has 1 amide bonds. The maximum Gasteiger partial charge on any atom is 0.343 e. The van der Waals surface area contributed by atoms with Crippen molar-refractivity contribution in [3.05, 3.63) is 81.7 Å². The second-order valence-corrected chi connectivity index (χ2v) is 11.0. The summed E-state index contributed by atoms with van der Waals surface area (Å²) in [6.45, 7) is 6.90. The van der Waals surface area contributed by atoms with E-state index in [4.69, 9.17) is 4.74 Å². The van der Waals surface area contributed by atoms with Crippen LogP contribution in [0.5, 0.6) is 5.75 Å². The van der Waals surface area contributed by atoms with Gasteiger partial charge in [0.25, 0.3) is 5.91 Å². The van der Waals surface area contributed by atoms with E-state index in [1.54, 1.807) is 47.7 Å². The Bertz CT molecular complexity index is 1210. The first-order valence-corrected chi connectivity index (χ1v) is 12.2. The third-order valence-corrected chi connectivity index (χ3v) is 7.86. The van der Waals surface area contributed by atoms with Gasteiger partial charge in [0.1, 0.15) is 16.9 Å². The van der Waals surface area contributed by atoms with E-state index < -0.39 is 5.97 Å². The van der Waals surface area contributed by atoms with Gasteiger partial charge < -0.3 is 15.4 Å². The molecule has 2 aromatic carbocycles. The molecule has 0 spiro atoms. The first kappa shape index (κ1) is 21.7. The molecule has 0 saturated carbocycles. The second-order valence-electron chi connectivity index (χ2n) is 9.89. The van der Waals surface area contributed by atoms with Gasteiger partial charge in [0.2, 0.25) is 0 Å². The lowest BCUT2D eigenvalue weighted by molar-refractivity contribution is 0.0734. The second kappa shape index (κ2) is 8.34. The number of carbonyl (C=O) groups excluding carboxylic acids is 2. The third kappa shape index (κ3) is 4.27. The predicted molar refractivity (Wildman–Crippen MR) is 131 cm³/mol. The number of hydrogen-bond donors (Lipinski definition) is 2. The largest absolute Gasteiger partial charge is 0.423 e. The molecule has 2 heterocycles. The monoisotopic (exact) mass is 460 g/mol. The Hall–Kier alpha value is -3.12. The summed E-state index contributed by atoms with van der Waals surface area (Å²) in [5.74, 6) is 0.629. The Kier molecular flexibility index (Phi) is 5.49. The molecule has 5 rings (SSSR count). The van der Waals surface area contributed by atoms with Gasteiger partial charge in [0.15, 0.2) is 0 Å². The van der Waals surface area contributed by atoms with E-state index in [-0.39, 0.29) is 17.5 Å². The standard InChI is InChI=1S/C27H28N2O3S/c1-27(2,3)18-12-13-20-21(15-18)33-25-22(20)24(30)28-23(29-25)17-10-7-11-19(14-17)32-26(31)16-8-5-4-6-9-16/h4-11,14,18,23,29H,12-13,15H2,1-3H3,(H,28,30)/t18-,23-/m0/s1. The average Bonchev–Trinajstić information content (AvgIpc) is 3.17. The van der Waals surface area contributed by atoms with E-state index in [0.717, 1.165) is 35.4 Å². The van der Waals surface area contributed by atoms with Crippen LogP contribution in [0.4, 0.5) is 5.00 Å². The van der Waals surface area contributed by atoms with Crippen molar-refractivity contribution >= 4 is 28.2 Å². The van der Waals surface area contributed by atoms with Crippen molar-refractivity contribution in [3.8, 4) is 5.75 Å². The van der Waals surface area contributed by atoms with Gasteiger partial charge in [-0.25, -0.2) is 4.79 Å². The highest BCUT2D eigenvalue weighted by Crippen LogP contribution is 2.46. The Balaban J connectivity index is 1.36. The normalized spacial score (nSPS) is 19.7. The van der Waals surface area contributed by atoms with Gasteiger partial charge in [0, 0.05) is 4.88 Å². The molecule has 0 radical (unpaired) electrons. The van der Waals surface area contributed by atoms with Crippen LogP contribution in [0.25, 0.3) is 0 Å². The Morgan fingerprint density at radius 2 is 1.85 bits per heavy atom. The maximum atomic E-state index is 13.1. The summed E-state index contributed by atoms with van der Waals surface area (Å²) < 4.78 is 5.56. The smallest absolute Gasteiger partial charge is 0.343 e. The van der Waals surface area contributed by atoms with Crippen molar-refractivity contribution in [1.82, 2.24) is 5.32 Å². The number of carbonyl (C=O) groups is 2. The van der Waals surface area contributed by atoms with E-state index in [1.165, 1.54) is 10.4 Å². The van der Waals surface area contributed by atoms with Crippen molar-refractivity contribution < 1.29 is 14.3 Å². The minimum absolute atomic E-state index is 0.0351. The number of benzene rings is 2. The van der Waals surface area contributed by atoms with Crippen LogP contribution in [0.3, 0.4) is 0 Å². The number of anilines is 1. The number of rotatable bonds is 3. The lowest BCUT2D eigenvalue weighted by Crippen LogP contribution is -2.38. The molecule has 0 unspecified atom stereocenters. The van der Waals surface area contributed by atoms with E-state index in [1.807, 2.05) is 18.2 Å². The molecular weight excluding hydrogens is 432 g/mol. The van der Waals surface area contributed by atoms with Crippen LogP contribution < -0.4 is 15.4 Å². The van der Waals surface area contributed by atoms with Gasteiger partial charge >= 0.3 is 5.97 Å². The molecule has 0 fully saturated rings. The molecule has 1 aliphatic heterocycles. The van der Waals surface area contributed by atoms with Crippen LogP contribution in [0.2, 0.25) is 0 Å². The van der Waals surface area contributed by atoms with E-state index in [9.17, 15) is 9.59 Å². The molecule has 1 aromatic heterocycles. The molecule has 33 heavy (non-hydrogen) atoms. The summed E-state index contributed by atoms with van der Waals surface area (Å²) in [6.07, 6.45) is 2.72. The van der Waals surface area contributed by atoms with Gasteiger partial charge in [-0.1, -0.05) is 51.1 Å². The van der Waals surface area contributed by atoms with Crippen LogP contribution in [-0.2, 0) is 12.8 Å². The highest BCUT2D eigenvalue weighted by atomic mass is 32.1. The highest BCUT2D eigenvalue weighted by molar-refractivity contribution is 7.16. The molecule has 0 saturated heterocycles. The zero-order chi connectivity index (χ0) is 23.2. The van der Waals surface area contributed by atoms with E-state index in [2.05, 4.69) is 31.4 Å². The quantitative estimate of drug-likeness (QED) is 0.373. The third-order valence-electron chi connectivity index (χ3n) is 6.68. The van der Waals surface area contributed by atoms with Crippen molar-refractivity contribution in [1.29, 1.82) is 0 Å². The number of esters is 1. The lowest BCUT2D eigenvalue weighted by Gasteiger charge is -2.34. The Morgan fingerprint density at radius 3 is 2.61 bits per heavy atom. The zero-order valence-electron chi connectivity index (χ0n) is 19.1. The fraction of sp³-hybridized carbons (Fsp3) is 0.333. The fourth-order valence-corrected chi connectivity index (χ4v) is 6.05. The minimum atomic E-state index is -0.407. The number of fused-ring (bicyclic) bond motifs is 3. The molecule has 170 valence electrons. The summed E-state index contributed by atoms with van der Waals surface area (Å²) >= 11 is 1.71. The van der Waals surface area contributed by atoms with Crippen molar-refractivity contribution in [3.63, 3.8) is 0 Å². The molecule has 3 aromatic rings. The number of nitrogens with one attached hydrogen (secondary N) is 2. The average molecular weight is 461 g/mol. The molecular formula is C27H28N2O3S. The van der Waals surface area contributed by atoms with E-state index >= 15 is 0 Å². The van der Waals surface area contributed by atoms with Crippen molar-refractivity contribution in [2.24, 2.45) is 11.3 Å². The zero-order valence-corrected chi connectivity index (χ0v) is 19.9. The number of amides is 1. The van der Waals surface area contributed by atoms with Crippen LogP contribution in [0.1, 0.15) is 70.1 Å².